The number of ether oxygens (including phenoxy) is 1. The monoisotopic (exact) mass is 444 g/mol. The molecule has 0 radical (unpaired) electrons. The van der Waals surface area contributed by atoms with Gasteiger partial charge in [-0.15, -0.1) is 0 Å². The smallest absolute Gasteiger partial charge is 0.369 e. The highest BCUT2D eigenvalue weighted by Gasteiger charge is 2.30. The molecule has 0 bridgehead atoms. The molecule has 1 fully saturated rings. The average Bonchev–Trinajstić information content (AvgIpc) is 3.04. The lowest BCUT2D eigenvalue weighted by Gasteiger charge is -2.32. The molecule has 0 saturated carbocycles. The van der Waals surface area contributed by atoms with E-state index in [0.717, 1.165) is 41.8 Å². The van der Waals surface area contributed by atoms with Crippen LogP contribution in [0.3, 0.4) is 0 Å². The molecule has 1 aromatic carbocycles. The second kappa shape index (κ2) is 9.03. The molecule has 0 N–H and O–H groups in total. The first kappa shape index (κ1) is 22.5. The molecule has 4 rings (SSSR count). The van der Waals surface area contributed by atoms with Crippen LogP contribution in [0, 0.1) is 13.8 Å². The molecule has 1 saturated heterocycles. The average molecular weight is 445 g/mol. The summed E-state index contributed by atoms with van der Waals surface area (Å²) in [6.07, 6.45) is -2.08. The standard InChI is InChI=1S/C24H27F3N4O/c1-16-9-19(10-18-5-4-6-21(11-18)24(25,26)27)12-22(28-16)23-15-31(7-8-32-23)14-20-13-30(3)29-17(20)2/h4-6,9,11-13,23H,7-8,10,14-15H2,1-3H3/t23-/m0/s1. The normalized spacial score (nSPS) is 17.6. The Balaban J connectivity index is 1.50. The number of halogens is 3. The highest BCUT2D eigenvalue weighted by atomic mass is 19.4. The maximum Gasteiger partial charge on any atom is 0.416 e. The van der Waals surface area contributed by atoms with Crippen LogP contribution in [-0.4, -0.2) is 39.4 Å². The number of aryl methyl sites for hydroxylation is 3. The summed E-state index contributed by atoms with van der Waals surface area (Å²) in [6.45, 7) is 6.83. The SMILES string of the molecule is Cc1cc(Cc2cccc(C(F)(F)F)c2)cc([C@@H]2CN(Cc3cn(C)nc3C)CCO2)n1. The summed E-state index contributed by atoms with van der Waals surface area (Å²) in [6, 6.07) is 9.36. The summed E-state index contributed by atoms with van der Waals surface area (Å²) in [7, 11) is 1.92. The van der Waals surface area contributed by atoms with E-state index in [2.05, 4.69) is 15.0 Å². The van der Waals surface area contributed by atoms with Crippen LogP contribution in [-0.2, 0) is 30.9 Å². The van der Waals surface area contributed by atoms with Gasteiger partial charge in [0.05, 0.1) is 23.6 Å². The van der Waals surface area contributed by atoms with Crippen LogP contribution in [0.4, 0.5) is 13.2 Å². The summed E-state index contributed by atoms with van der Waals surface area (Å²) < 4.78 is 47.0. The van der Waals surface area contributed by atoms with E-state index in [1.54, 1.807) is 6.07 Å². The Morgan fingerprint density at radius 3 is 2.66 bits per heavy atom. The molecule has 2 aromatic heterocycles. The van der Waals surface area contributed by atoms with Gasteiger partial charge in [-0.1, -0.05) is 18.2 Å². The number of rotatable bonds is 5. The van der Waals surface area contributed by atoms with Crippen molar-refractivity contribution in [1.29, 1.82) is 0 Å². The van der Waals surface area contributed by atoms with Crippen molar-refractivity contribution in [2.75, 3.05) is 19.7 Å². The third-order valence-corrected chi connectivity index (χ3v) is 5.69. The minimum Gasteiger partial charge on any atom is -0.369 e. The molecule has 0 spiro atoms. The summed E-state index contributed by atoms with van der Waals surface area (Å²) in [5.41, 5.74) is 4.78. The molecule has 8 heteroatoms. The van der Waals surface area contributed by atoms with Crippen molar-refractivity contribution >= 4 is 0 Å². The fraction of sp³-hybridized carbons (Fsp3) is 0.417. The van der Waals surface area contributed by atoms with Gasteiger partial charge in [-0.25, -0.2) is 0 Å². The van der Waals surface area contributed by atoms with Crippen molar-refractivity contribution in [2.24, 2.45) is 7.05 Å². The summed E-state index contributed by atoms with van der Waals surface area (Å²) in [4.78, 5) is 7.00. The fourth-order valence-electron chi connectivity index (χ4n) is 4.20. The maximum absolute atomic E-state index is 13.1. The van der Waals surface area contributed by atoms with Gasteiger partial charge in [0.1, 0.15) is 6.10 Å². The van der Waals surface area contributed by atoms with Gasteiger partial charge in [0.2, 0.25) is 0 Å². The third-order valence-electron chi connectivity index (χ3n) is 5.69. The van der Waals surface area contributed by atoms with E-state index in [-0.39, 0.29) is 6.10 Å². The zero-order valence-electron chi connectivity index (χ0n) is 18.5. The van der Waals surface area contributed by atoms with Crippen LogP contribution >= 0.6 is 0 Å². The van der Waals surface area contributed by atoms with Crippen LogP contribution < -0.4 is 0 Å². The van der Waals surface area contributed by atoms with Crippen molar-refractivity contribution in [3.05, 3.63) is 81.9 Å². The van der Waals surface area contributed by atoms with Crippen LogP contribution in [0.15, 0.2) is 42.6 Å². The summed E-state index contributed by atoms with van der Waals surface area (Å²) >= 11 is 0. The van der Waals surface area contributed by atoms with E-state index in [4.69, 9.17) is 4.74 Å². The molecule has 0 unspecified atom stereocenters. The van der Waals surface area contributed by atoms with Crippen molar-refractivity contribution < 1.29 is 17.9 Å². The van der Waals surface area contributed by atoms with Crippen molar-refractivity contribution in [3.63, 3.8) is 0 Å². The predicted octanol–water partition coefficient (Wildman–Crippen LogP) is 4.62. The first-order valence-corrected chi connectivity index (χ1v) is 10.6. The molecule has 1 aliphatic heterocycles. The largest absolute Gasteiger partial charge is 0.416 e. The second-order valence-corrected chi connectivity index (χ2v) is 8.42. The van der Waals surface area contributed by atoms with Gasteiger partial charge >= 0.3 is 6.18 Å². The molecule has 0 amide bonds. The topological polar surface area (TPSA) is 43.2 Å². The van der Waals surface area contributed by atoms with Gasteiger partial charge < -0.3 is 4.74 Å². The minimum atomic E-state index is -4.35. The molecule has 1 atom stereocenters. The van der Waals surface area contributed by atoms with Gasteiger partial charge in [0.15, 0.2) is 0 Å². The van der Waals surface area contributed by atoms with E-state index >= 15 is 0 Å². The van der Waals surface area contributed by atoms with Crippen molar-refractivity contribution in [2.45, 2.75) is 39.1 Å². The number of morpholine rings is 1. The quantitative estimate of drug-likeness (QED) is 0.576. The van der Waals surface area contributed by atoms with E-state index in [9.17, 15) is 13.2 Å². The van der Waals surface area contributed by atoms with E-state index < -0.39 is 11.7 Å². The Morgan fingerprint density at radius 2 is 1.94 bits per heavy atom. The highest BCUT2D eigenvalue weighted by molar-refractivity contribution is 5.32. The Kier molecular flexibility index (Phi) is 6.35. The first-order chi connectivity index (χ1) is 15.2. The number of hydrogen-bond acceptors (Lipinski definition) is 4. The zero-order chi connectivity index (χ0) is 22.9. The van der Waals surface area contributed by atoms with Crippen LogP contribution in [0.2, 0.25) is 0 Å². The number of hydrogen-bond donors (Lipinski definition) is 0. The Hall–Kier alpha value is -2.71. The van der Waals surface area contributed by atoms with Gasteiger partial charge in [0.25, 0.3) is 0 Å². The van der Waals surface area contributed by atoms with Gasteiger partial charge in [-0.05, 0) is 49.6 Å². The first-order valence-electron chi connectivity index (χ1n) is 10.6. The number of nitrogens with zero attached hydrogens (tertiary/aromatic N) is 4. The predicted molar refractivity (Wildman–Crippen MR) is 115 cm³/mol. The lowest BCUT2D eigenvalue weighted by atomic mass is 10.0. The number of alkyl halides is 3. The van der Waals surface area contributed by atoms with E-state index in [0.29, 0.717) is 25.1 Å². The Morgan fingerprint density at radius 1 is 1.12 bits per heavy atom. The van der Waals surface area contributed by atoms with Crippen molar-refractivity contribution in [1.82, 2.24) is 19.7 Å². The maximum atomic E-state index is 13.1. The molecular formula is C24H27F3N4O. The number of aromatic nitrogens is 3. The van der Waals surface area contributed by atoms with Crippen LogP contribution in [0.25, 0.3) is 0 Å². The molecule has 1 aliphatic rings. The zero-order valence-corrected chi connectivity index (χ0v) is 18.5. The Labute approximate surface area is 185 Å². The lowest BCUT2D eigenvalue weighted by Crippen LogP contribution is -2.38. The number of pyridine rings is 1. The van der Waals surface area contributed by atoms with Gasteiger partial charge in [-0.3, -0.25) is 14.6 Å². The second-order valence-electron chi connectivity index (χ2n) is 8.42. The molecule has 3 heterocycles. The lowest BCUT2D eigenvalue weighted by molar-refractivity contribution is -0.137. The molecule has 5 nitrogen and oxygen atoms in total. The fourth-order valence-corrected chi connectivity index (χ4v) is 4.20. The molecule has 3 aromatic rings. The molecule has 32 heavy (non-hydrogen) atoms. The van der Waals surface area contributed by atoms with Gasteiger partial charge in [0, 0.05) is 44.1 Å². The summed E-state index contributed by atoms with van der Waals surface area (Å²) in [5.74, 6) is 0. The molecular weight excluding hydrogens is 417 g/mol. The number of benzene rings is 1. The minimum absolute atomic E-state index is 0.180. The molecule has 170 valence electrons. The van der Waals surface area contributed by atoms with E-state index in [1.165, 1.54) is 17.7 Å². The summed E-state index contributed by atoms with van der Waals surface area (Å²) in [5, 5.41) is 4.41. The van der Waals surface area contributed by atoms with Crippen molar-refractivity contribution in [3.8, 4) is 0 Å². The van der Waals surface area contributed by atoms with E-state index in [1.807, 2.05) is 43.9 Å². The van der Waals surface area contributed by atoms with Crippen LogP contribution in [0.5, 0.6) is 0 Å². The van der Waals surface area contributed by atoms with Gasteiger partial charge in [-0.2, -0.15) is 18.3 Å². The van der Waals surface area contributed by atoms with Crippen LogP contribution in [0.1, 0.15) is 45.4 Å². The Bertz CT molecular complexity index is 1090. The third kappa shape index (κ3) is 5.37. The molecule has 0 aliphatic carbocycles. The highest BCUT2D eigenvalue weighted by Crippen LogP contribution is 2.30.